The standard InChI is InChI=1S/C13H20N4O3S/c1-21(18,19)17-6-7-20-9-11(17)13-14-5-4-12(16-13)15-8-10-2-3-10/h4-5,10-11H,2-3,6-9H2,1H3,(H,14,15,16)/t11-/m0/s1. The van der Waals surface area contributed by atoms with Crippen LogP contribution in [0.4, 0.5) is 5.82 Å². The van der Waals surface area contributed by atoms with Gasteiger partial charge in [0.05, 0.1) is 19.5 Å². The first-order chi connectivity index (χ1) is 10.0. The van der Waals surface area contributed by atoms with Gasteiger partial charge in [0.25, 0.3) is 0 Å². The van der Waals surface area contributed by atoms with Gasteiger partial charge in [0.15, 0.2) is 5.82 Å². The average Bonchev–Trinajstić information content (AvgIpc) is 3.29. The van der Waals surface area contributed by atoms with E-state index in [9.17, 15) is 8.42 Å². The Balaban J connectivity index is 1.78. The highest BCUT2D eigenvalue weighted by atomic mass is 32.2. The normalized spacial score (nSPS) is 24.0. The summed E-state index contributed by atoms with van der Waals surface area (Å²) < 4.78 is 30.6. The molecule has 2 heterocycles. The van der Waals surface area contributed by atoms with Gasteiger partial charge in [-0.25, -0.2) is 18.4 Å². The summed E-state index contributed by atoms with van der Waals surface area (Å²) in [7, 11) is -3.30. The fourth-order valence-electron chi connectivity index (χ4n) is 2.39. The van der Waals surface area contributed by atoms with Crippen molar-refractivity contribution in [3.8, 4) is 0 Å². The smallest absolute Gasteiger partial charge is 0.212 e. The summed E-state index contributed by atoms with van der Waals surface area (Å²) in [5, 5.41) is 3.28. The fourth-order valence-corrected chi connectivity index (χ4v) is 3.42. The molecule has 0 bridgehead atoms. The van der Waals surface area contributed by atoms with E-state index in [0.29, 0.717) is 25.6 Å². The summed E-state index contributed by atoms with van der Waals surface area (Å²) in [5.41, 5.74) is 0. The number of nitrogens with one attached hydrogen (secondary N) is 1. The van der Waals surface area contributed by atoms with Gasteiger partial charge < -0.3 is 10.1 Å². The second kappa shape index (κ2) is 5.86. The minimum Gasteiger partial charge on any atom is -0.378 e. The summed E-state index contributed by atoms with van der Waals surface area (Å²) in [6, 6.07) is 1.36. The first-order valence-corrected chi connectivity index (χ1v) is 9.00. The number of ether oxygens (including phenoxy) is 1. The summed E-state index contributed by atoms with van der Waals surface area (Å²) in [6.45, 7) is 1.95. The topological polar surface area (TPSA) is 84.4 Å². The Morgan fingerprint density at radius 1 is 1.48 bits per heavy atom. The molecule has 1 atom stereocenters. The van der Waals surface area contributed by atoms with E-state index in [1.807, 2.05) is 0 Å². The van der Waals surface area contributed by atoms with E-state index in [2.05, 4.69) is 15.3 Å². The van der Waals surface area contributed by atoms with Crippen molar-refractivity contribution in [2.45, 2.75) is 18.9 Å². The van der Waals surface area contributed by atoms with Crippen molar-refractivity contribution in [1.82, 2.24) is 14.3 Å². The molecule has 2 aliphatic rings. The predicted molar refractivity (Wildman–Crippen MR) is 78.4 cm³/mol. The van der Waals surface area contributed by atoms with Crippen molar-refractivity contribution in [3.63, 3.8) is 0 Å². The molecule has 0 unspecified atom stereocenters. The van der Waals surface area contributed by atoms with Gasteiger partial charge in [0, 0.05) is 19.3 Å². The summed E-state index contributed by atoms with van der Waals surface area (Å²) >= 11 is 0. The molecule has 1 aromatic rings. The van der Waals surface area contributed by atoms with Crippen molar-refractivity contribution in [2.75, 3.05) is 37.9 Å². The number of morpholine rings is 1. The van der Waals surface area contributed by atoms with Gasteiger partial charge in [-0.15, -0.1) is 0 Å². The molecule has 8 heteroatoms. The van der Waals surface area contributed by atoms with Gasteiger partial charge >= 0.3 is 0 Å². The molecule has 7 nitrogen and oxygen atoms in total. The quantitative estimate of drug-likeness (QED) is 0.858. The number of anilines is 1. The molecule has 1 N–H and O–H groups in total. The Bertz CT molecular complexity index is 603. The summed E-state index contributed by atoms with van der Waals surface area (Å²) in [5.74, 6) is 1.97. The van der Waals surface area contributed by atoms with Gasteiger partial charge in [-0.3, -0.25) is 0 Å². The maximum atomic E-state index is 11.9. The van der Waals surface area contributed by atoms with Crippen LogP contribution in [0.3, 0.4) is 0 Å². The third kappa shape index (κ3) is 3.69. The van der Waals surface area contributed by atoms with E-state index < -0.39 is 16.1 Å². The SMILES string of the molecule is CS(=O)(=O)N1CCOC[C@H]1c1nccc(NCC2CC2)n1. The second-order valence-electron chi connectivity index (χ2n) is 5.59. The Hall–Kier alpha value is -1.25. The molecule has 1 saturated carbocycles. The molecule has 0 radical (unpaired) electrons. The Morgan fingerprint density at radius 2 is 2.29 bits per heavy atom. The van der Waals surface area contributed by atoms with E-state index in [1.165, 1.54) is 23.4 Å². The van der Waals surface area contributed by atoms with Crippen molar-refractivity contribution < 1.29 is 13.2 Å². The monoisotopic (exact) mass is 312 g/mol. The molecule has 1 aromatic heterocycles. The highest BCUT2D eigenvalue weighted by Crippen LogP contribution is 2.29. The number of rotatable bonds is 5. The largest absolute Gasteiger partial charge is 0.378 e. The van der Waals surface area contributed by atoms with Crippen LogP contribution in [-0.4, -0.2) is 55.3 Å². The van der Waals surface area contributed by atoms with Gasteiger partial charge in [-0.05, 0) is 24.8 Å². The number of hydrogen-bond donors (Lipinski definition) is 1. The van der Waals surface area contributed by atoms with E-state index in [4.69, 9.17) is 4.74 Å². The zero-order valence-corrected chi connectivity index (χ0v) is 12.8. The van der Waals surface area contributed by atoms with E-state index in [0.717, 1.165) is 18.3 Å². The lowest BCUT2D eigenvalue weighted by Gasteiger charge is -2.32. The number of sulfonamides is 1. The van der Waals surface area contributed by atoms with Crippen LogP contribution in [0, 0.1) is 5.92 Å². The molecule has 1 saturated heterocycles. The first-order valence-electron chi connectivity index (χ1n) is 7.15. The maximum absolute atomic E-state index is 11.9. The molecule has 1 aliphatic carbocycles. The molecule has 3 rings (SSSR count). The highest BCUT2D eigenvalue weighted by molar-refractivity contribution is 7.88. The van der Waals surface area contributed by atoms with Crippen molar-refractivity contribution >= 4 is 15.8 Å². The lowest BCUT2D eigenvalue weighted by molar-refractivity contribution is 0.0293. The van der Waals surface area contributed by atoms with Gasteiger partial charge in [-0.2, -0.15) is 4.31 Å². The average molecular weight is 312 g/mol. The van der Waals surface area contributed by atoms with Crippen molar-refractivity contribution in [2.24, 2.45) is 5.92 Å². The van der Waals surface area contributed by atoms with E-state index >= 15 is 0 Å². The Morgan fingerprint density at radius 3 is 3.00 bits per heavy atom. The zero-order chi connectivity index (χ0) is 14.9. The predicted octanol–water partition coefficient (Wildman–Crippen LogP) is 0.631. The number of nitrogens with zero attached hydrogens (tertiary/aromatic N) is 3. The van der Waals surface area contributed by atoms with Gasteiger partial charge in [0.2, 0.25) is 10.0 Å². The van der Waals surface area contributed by atoms with Crippen molar-refractivity contribution in [3.05, 3.63) is 18.1 Å². The molecule has 0 spiro atoms. The minimum atomic E-state index is -3.30. The Labute approximate surface area is 124 Å². The van der Waals surface area contributed by atoms with Crippen LogP contribution < -0.4 is 5.32 Å². The van der Waals surface area contributed by atoms with E-state index in [1.54, 1.807) is 12.3 Å². The molecule has 0 aromatic carbocycles. The number of aromatic nitrogens is 2. The molecule has 21 heavy (non-hydrogen) atoms. The van der Waals surface area contributed by atoms with Crippen LogP contribution >= 0.6 is 0 Å². The molecular formula is C13H20N4O3S. The lowest BCUT2D eigenvalue weighted by Crippen LogP contribution is -2.43. The summed E-state index contributed by atoms with van der Waals surface area (Å²) in [6.07, 6.45) is 5.40. The highest BCUT2D eigenvalue weighted by Gasteiger charge is 2.33. The molecule has 0 amide bonds. The fraction of sp³-hybridized carbons (Fsp3) is 0.692. The zero-order valence-electron chi connectivity index (χ0n) is 12.0. The first kappa shape index (κ1) is 14.7. The third-order valence-electron chi connectivity index (χ3n) is 3.75. The molecule has 1 aliphatic heterocycles. The Kier molecular flexibility index (Phi) is 4.10. The molecular weight excluding hydrogens is 292 g/mol. The van der Waals surface area contributed by atoms with Crippen molar-refractivity contribution in [1.29, 1.82) is 0 Å². The van der Waals surface area contributed by atoms with Crippen LogP contribution in [0.2, 0.25) is 0 Å². The summed E-state index contributed by atoms with van der Waals surface area (Å²) in [4.78, 5) is 8.68. The van der Waals surface area contributed by atoms with Crippen LogP contribution in [0.5, 0.6) is 0 Å². The van der Waals surface area contributed by atoms with Crippen LogP contribution in [0.1, 0.15) is 24.7 Å². The molecule has 2 fully saturated rings. The maximum Gasteiger partial charge on any atom is 0.212 e. The van der Waals surface area contributed by atoms with E-state index in [-0.39, 0.29) is 0 Å². The van der Waals surface area contributed by atoms with Crippen LogP contribution in [-0.2, 0) is 14.8 Å². The van der Waals surface area contributed by atoms with Crippen LogP contribution in [0.25, 0.3) is 0 Å². The van der Waals surface area contributed by atoms with Gasteiger partial charge in [0.1, 0.15) is 11.9 Å². The van der Waals surface area contributed by atoms with Gasteiger partial charge in [-0.1, -0.05) is 0 Å². The van der Waals surface area contributed by atoms with Crippen LogP contribution in [0.15, 0.2) is 12.3 Å². The lowest BCUT2D eigenvalue weighted by atomic mass is 10.2. The second-order valence-corrected chi connectivity index (χ2v) is 7.52. The minimum absolute atomic E-state index is 0.291. The molecule has 116 valence electrons. The number of hydrogen-bond acceptors (Lipinski definition) is 6. The third-order valence-corrected chi connectivity index (χ3v) is 5.04.